The molecule has 3 aromatic rings. The van der Waals surface area contributed by atoms with Crippen molar-refractivity contribution in [2.45, 2.75) is 82.3 Å². The number of aromatic nitrogens is 2. The van der Waals surface area contributed by atoms with Crippen molar-refractivity contribution in [3.63, 3.8) is 0 Å². The zero-order chi connectivity index (χ0) is 26.3. The van der Waals surface area contributed by atoms with E-state index in [0.29, 0.717) is 37.8 Å². The third-order valence-electron chi connectivity index (χ3n) is 9.59. The van der Waals surface area contributed by atoms with Gasteiger partial charge in [-0.2, -0.15) is 0 Å². The number of carbonyl (C=O) groups is 1. The van der Waals surface area contributed by atoms with Crippen LogP contribution in [0, 0.1) is 6.92 Å². The molecule has 3 aliphatic heterocycles. The fraction of sp³-hybridized carbons (Fsp3) is 0.548. The Kier molecular flexibility index (Phi) is 6.81. The normalized spacial score (nSPS) is 25.1. The van der Waals surface area contributed by atoms with Crippen LogP contribution in [0.4, 0.5) is 4.79 Å². The van der Waals surface area contributed by atoms with Crippen LogP contribution in [-0.4, -0.2) is 68.9 Å². The number of benzene rings is 2. The average molecular weight is 517 g/mol. The molecule has 0 aliphatic carbocycles. The molecule has 0 saturated carbocycles. The second-order valence-corrected chi connectivity index (χ2v) is 11.5. The third kappa shape index (κ3) is 4.55. The molecular formula is C31H40N4O3. The van der Waals surface area contributed by atoms with Crippen molar-refractivity contribution in [1.82, 2.24) is 19.4 Å². The Bertz CT molecular complexity index is 1280. The molecule has 3 saturated heterocycles. The molecule has 1 N–H and O–H groups in total. The van der Waals surface area contributed by atoms with Gasteiger partial charge in [-0.05, 0) is 95.2 Å². The molecule has 1 amide bonds. The maximum Gasteiger partial charge on any atom is 0.407 e. The van der Waals surface area contributed by atoms with Crippen LogP contribution in [0.5, 0.6) is 5.75 Å². The van der Waals surface area contributed by atoms with Crippen LogP contribution in [0.25, 0.3) is 11.0 Å². The number of fused-ring (bicyclic) bond motifs is 3. The molecule has 1 aromatic heterocycles. The number of ether oxygens (including phenoxy) is 1. The van der Waals surface area contributed by atoms with Crippen molar-refractivity contribution in [2.75, 3.05) is 26.2 Å². The van der Waals surface area contributed by atoms with E-state index in [0.717, 1.165) is 42.9 Å². The number of rotatable bonds is 7. The van der Waals surface area contributed by atoms with Crippen molar-refractivity contribution < 1.29 is 14.6 Å². The smallest absolute Gasteiger partial charge is 0.407 e. The molecule has 7 heteroatoms. The number of para-hydroxylation sites is 2. The van der Waals surface area contributed by atoms with Gasteiger partial charge in [-0.25, -0.2) is 9.78 Å². The number of hydrogen-bond acceptors (Lipinski definition) is 4. The molecule has 2 aromatic carbocycles. The minimum atomic E-state index is -0.802. The number of piperidine rings is 2. The van der Waals surface area contributed by atoms with Crippen LogP contribution in [0.2, 0.25) is 0 Å². The summed E-state index contributed by atoms with van der Waals surface area (Å²) in [5.74, 6) is 2.04. The Hall–Kier alpha value is -3.06. The minimum absolute atomic E-state index is 0.0213. The standard InChI is InChI=1S/C31H40N4O3/c1-3-38-27-8-6-7-23(19-27)31(13-16-33(17-14-31)30(36)37)15-18-34-24-11-12-25(34)21-26(20-24)35-22(2)32-28-9-4-5-10-29(28)35/h4-10,19,24-26H,3,11-18,20-21H2,1-2H3,(H,36,37). The number of aryl methyl sites for hydroxylation is 1. The van der Waals surface area contributed by atoms with Crippen LogP contribution >= 0.6 is 0 Å². The molecule has 7 nitrogen and oxygen atoms in total. The summed E-state index contributed by atoms with van der Waals surface area (Å²) in [5.41, 5.74) is 3.65. The topological polar surface area (TPSA) is 70.8 Å². The van der Waals surface area contributed by atoms with Gasteiger partial charge >= 0.3 is 6.09 Å². The van der Waals surface area contributed by atoms with E-state index in [1.54, 1.807) is 4.90 Å². The van der Waals surface area contributed by atoms with Crippen LogP contribution < -0.4 is 4.74 Å². The van der Waals surface area contributed by atoms with Crippen molar-refractivity contribution in [3.8, 4) is 5.75 Å². The summed E-state index contributed by atoms with van der Waals surface area (Å²) in [6.07, 6.45) is 6.87. The first-order chi connectivity index (χ1) is 18.5. The summed E-state index contributed by atoms with van der Waals surface area (Å²) in [5, 5.41) is 9.58. The predicted molar refractivity (Wildman–Crippen MR) is 149 cm³/mol. The van der Waals surface area contributed by atoms with Gasteiger partial charge in [-0.1, -0.05) is 24.3 Å². The largest absolute Gasteiger partial charge is 0.494 e. The number of likely N-dealkylation sites (tertiary alicyclic amines) is 1. The first-order valence-electron chi connectivity index (χ1n) is 14.4. The minimum Gasteiger partial charge on any atom is -0.494 e. The van der Waals surface area contributed by atoms with E-state index < -0.39 is 6.09 Å². The van der Waals surface area contributed by atoms with Crippen molar-refractivity contribution in [1.29, 1.82) is 0 Å². The van der Waals surface area contributed by atoms with Crippen molar-refractivity contribution in [2.24, 2.45) is 0 Å². The van der Waals surface area contributed by atoms with Gasteiger partial charge in [0.25, 0.3) is 0 Å². The Labute approximate surface area is 225 Å². The van der Waals surface area contributed by atoms with E-state index in [9.17, 15) is 9.90 Å². The Morgan fingerprint density at radius 3 is 2.50 bits per heavy atom. The Morgan fingerprint density at radius 2 is 1.79 bits per heavy atom. The van der Waals surface area contributed by atoms with Crippen LogP contribution in [0.3, 0.4) is 0 Å². The lowest BCUT2D eigenvalue weighted by Crippen LogP contribution is -2.48. The summed E-state index contributed by atoms with van der Waals surface area (Å²) in [6, 6.07) is 18.8. The first-order valence-corrected chi connectivity index (χ1v) is 14.4. The van der Waals surface area contributed by atoms with Crippen molar-refractivity contribution in [3.05, 3.63) is 59.9 Å². The first kappa shape index (κ1) is 25.2. The number of nitrogens with zero attached hydrogens (tertiary/aromatic N) is 4. The highest BCUT2D eigenvalue weighted by atomic mass is 16.5. The van der Waals surface area contributed by atoms with Gasteiger partial charge in [0, 0.05) is 36.6 Å². The molecule has 2 bridgehead atoms. The third-order valence-corrected chi connectivity index (χ3v) is 9.59. The lowest BCUT2D eigenvalue weighted by atomic mass is 9.70. The fourth-order valence-corrected chi connectivity index (χ4v) is 7.68. The van der Waals surface area contributed by atoms with E-state index in [1.807, 2.05) is 13.0 Å². The zero-order valence-corrected chi connectivity index (χ0v) is 22.7. The fourth-order valence-electron chi connectivity index (χ4n) is 7.68. The summed E-state index contributed by atoms with van der Waals surface area (Å²) in [4.78, 5) is 20.9. The molecule has 202 valence electrons. The molecule has 2 atom stereocenters. The average Bonchev–Trinajstić information content (AvgIpc) is 3.38. The van der Waals surface area contributed by atoms with E-state index in [-0.39, 0.29) is 5.41 Å². The van der Waals surface area contributed by atoms with E-state index >= 15 is 0 Å². The molecular weight excluding hydrogens is 476 g/mol. The maximum atomic E-state index is 11.7. The maximum absolute atomic E-state index is 11.7. The van der Waals surface area contributed by atoms with Gasteiger partial charge in [-0.15, -0.1) is 0 Å². The highest BCUT2D eigenvalue weighted by Gasteiger charge is 2.44. The Balaban J connectivity index is 1.20. The second kappa shape index (κ2) is 10.3. The predicted octanol–water partition coefficient (Wildman–Crippen LogP) is 6.01. The van der Waals surface area contributed by atoms with Gasteiger partial charge in [-0.3, -0.25) is 4.90 Å². The van der Waals surface area contributed by atoms with E-state index in [1.165, 1.54) is 36.8 Å². The van der Waals surface area contributed by atoms with Crippen molar-refractivity contribution >= 4 is 17.1 Å². The number of amides is 1. The lowest BCUT2D eigenvalue weighted by molar-refractivity contribution is 0.0799. The quantitative estimate of drug-likeness (QED) is 0.416. The van der Waals surface area contributed by atoms with Crippen LogP contribution in [0.15, 0.2) is 48.5 Å². The number of imidazole rings is 1. The highest BCUT2D eigenvalue weighted by Crippen LogP contribution is 2.45. The van der Waals surface area contributed by atoms with Gasteiger partial charge in [0.1, 0.15) is 11.6 Å². The molecule has 6 rings (SSSR count). The molecule has 3 fully saturated rings. The summed E-state index contributed by atoms with van der Waals surface area (Å²) in [6.45, 7) is 7.07. The molecule has 0 radical (unpaired) electrons. The summed E-state index contributed by atoms with van der Waals surface area (Å²) in [7, 11) is 0. The zero-order valence-electron chi connectivity index (χ0n) is 22.7. The molecule has 38 heavy (non-hydrogen) atoms. The highest BCUT2D eigenvalue weighted by molar-refractivity contribution is 5.76. The van der Waals surface area contributed by atoms with Crippen LogP contribution in [-0.2, 0) is 5.41 Å². The van der Waals surface area contributed by atoms with Gasteiger partial charge in [0.15, 0.2) is 0 Å². The number of carboxylic acid groups (broad SMARTS) is 1. The number of hydrogen-bond donors (Lipinski definition) is 1. The molecule has 4 heterocycles. The molecule has 3 aliphatic rings. The summed E-state index contributed by atoms with van der Waals surface area (Å²) >= 11 is 0. The van der Waals surface area contributed by atoms with Gasteiger partial charge in [0.2, 0.25) is 0 Å². The van der Waals surface area contributed by atoms with Gasteiger partial charge < -0.3 is 19.3 Å². The summed E-state index contributed by atoms with van der Waals surface area (Å²) < 4.78 is 8.35. The van der Waals surface area contributed by atoms with E-state index in [2.05, 4.69) is 58.9 Å². The molecule has 2 unspecified atom stereocenters. The second-order valence-electron chi connectivity index (χ2n) is 11.5. The van der Waals surface area contributed by atoms with E-state index in [4.69, 9.17) is 9.72 Å². The SMILES string of the molecule is CCOc1cccc(C2(CCN3C4CCC3CC(n3c(C)nc5ccccc53)C4)CCN(C(=O)O)CC2)c1. The molecule has 0 spiro atoms. The lowest BCUT2D eigenvalue weighted by Gasteiger charge is -2.45. The van der Waals surface area contributed by atoms with Crippen LogP contribution in [0.1, 0.15) is 69.3 Å². The van der Waals surface area contributed by atoms with Gasteiger partial charge in [0.05, 0.1) is 17.6 Å². The Morgan fingerprint density at radius 1 is 1.05 bits per heavy atom. The monoisotopic (exact) mass is 516 g/mol.